The van der Waals surface area contributed by atoms with E-state index >= 15 is 0 Å². The molecule has 1 aliphatic rings. The quantitative estimate of drug-likeness (QED) is 0.934. The van der Waals surface area contributed by atoms with Gasteiger partial charge in [0, 0.05) is 23.9 Å². The topological polar surface area (TPSA) is 29.9 Å². The Hall–Kier alpha value is -1.61. The molecule has 1 aliphatic heterocycles. The van der Waals surface area contributed by atoms with Gasteiger partial charge in [0.1, 0.15) is 0 Å². The van der Waals surface area contributed by atoms with Gasteiger partial charge in [-0.05, 0) is 43.5 Å². The lowest BCUT2D eigenvalue weighted by Gasteiger charge is -2.34. The molecule has 0 aliphatic carbocycles. The third kappa shape index (κ3) is 3.03. The third-order valence-electron chi connectivity index (χ3n) is 4.82. The number of piperidine rings is 1. The SMILES string of the molecule is CCc1ccc(Cn2cncc2C2(C)CCNCC2)cc1. The number of hydrogen-bond donors (Lipinski definition) is 1. The zero-order valence-corrected chi connectivity index (χ0v) is 13.1. The molecular formula is C18H25N3. The van der Waals surface area contributed by atoms with Crippen LogP contribution in [0.3, 0.4) is 0 Å². The lowest BCUT2D eigenvalue weighted by atomic mass is 9.78. The molecule has 0 saturated carbocycles. The molecule has 0 spiro atoms. The predicted octanol–water partition coefficient (Wildman–Crippen LogP) is 3.13. The molecule has 1 fully saturated rings. The van der Waals surface area contributed by atoms with E-state index in [9.17, 15) is 0 Å². The van der Waals surface area contributed by atoms with Crippen LogP contribution >= 0.6 is 0 Å². The normalized spacial score (nSPS) is 17.8. The first kappa shape index (κ1) is 14.3. The molecule has 1 aromatic carbocycles. The Balaban J connectivity index is 1.81. The van der Waals surface area contributed by atoms with Crippen LogP contribution in [0, 0.1) is 0 Å². The standard InChI is InChI=1S/C18H25N3/c1-3-15-4-6-16(7-5-15)13-21-14-20-12-17(21)18(2)8-10-19-11-9-18/h4-7,12,14,19H,3,8-11,13H2,1-2H3. The minimum Gasteiger partial charge on any atom is -0.330 e. The van der Waals surface area contributed by atoms with Crippen molar-refractivity contribution < 1.29 is 0 Å². The largest absolute Gasteiger partial charge is 0.330 e. The van der Waals surface area contributed by atoms with Crippen molar-refractivity contribution in [3.63, 3.8) is 0 Å². The molecule has 2 aromatic rings. The highest BCUT2D eigenvalue weighted by Crippen LogP contribution is 2.32. The molecule has 0 unspecified atom stereocenters. The van der Waals surface area contributed by atoms with E-state index in [1.165, 1.54) is 29.7 Å². The molecular weight excluding hydrogens is 258 g/mol. The van der Waals surface area contributed by atoms with Gasteiger partial charge in [0.05, 0.1) is 6.33 Å². The summed E-state index contributed by atoms with van der Waals surface area (Å²) in [5.74, 6) is 0. The van der Waals surface area contributed by atoms with Gasteiger partial charge in [0.15, 0.2) is 0 Å². The first-order valence-corrected chi connectivity index (χ1v) is 8.00. The number of nitrogens with one attached hydrogen (secondary N) is 1. The molecule has 112 valence electrons. The molecule has 1 N–H and O–H groups in total. The molecule has 0 atom stereocenters. The van der Waals surface area contributed by atoms with Crippen LogP contribution in [0.2, 0.25) is 0 Å². The van der Waals surface area contributed by atoms with Gasteiger partial charge in [0.25, 0.3) is 0 Å². The van der Waals surface area contributed by atoms with Crippen LogP contribution < -0.4 is 5.32 Å². The number of aromatic nitrogens is 2. The van der Waals surface area contributed by atoms with E-state index in [-0.39, 0.29) is 5.41 Å². The number of imidazole rings is 1. The zero-order chi connectivity index (χ0) is 14.7. The monoisotopic (exact) mass is 283 g/mol. The van der Waals surface area contributed by atoms with Gasteiger partial charge in [-0.15, -0.1) is 0 Å². The third-order valence-corrected chi connectivity index (χ3v) is 4.82. The first-order chi connectivity index (χ1) is 10.2. The zero-order valence-electron chi connectivity index (χ0n) is 13.1. The molecule has 0 amide bonds. The van der Waals surface area contributed by atoms with Crippen LogP contribution in [0.5, 0.6) is 0 Å². The van der Waals surface area contributed by atoms with Crippen molar-refractivity contribution in [2.75, 3.05) is 13.1 Å². The number of rotatable bonds is 4. The van der Waals surface area contributed by atoms with Crippen LogP contribution in [0.15, 0.2) is 36.8 Å². The summed E-state index contributed by atoms with van der Waals surface area (Å²) >= 11 is 0. The molecule has 3 heteroatoms. The Kier molecular flexibility index (Phi) is 4.11. The van der Waals surface area contributed by atoms with E-state index in [0.29, 0.717) is 0 Å². The van der Waals surface area contributed by atoms with E-state index in [1.54, 1.807) is 0 Å². The van der Waals surface area contributed by atoms with Crippen LogP contribution in [0.1, 0.15) is 43.5 Å². The summed E-state index contributed by atoms with van der Waals surface area (Å²) in [5, 5.41) is 3.45. The maximum Gasteiger partial charge on any atom is 0.0951 e. The van der Waals surface area contributed by atoms with Crippen molar-refractivity contribution in [1.29, 1.82) is 0 Å². The number of hydrogen-bond acceptors (Lipinski definition) is 2. The molecule has 1 saturated heterocycles. The second kappa shape index (κ2) is 6.02. The maximum absolute atomic E-state index is 4.41. The van der Waals surface area contributed by atoms with E-state index in [1.807, 2.05) is 6.33 Å². The summed E-state index contributed by atoms with van der Waals surface area (Å²) in [6.07, 6.45) is 7.52. The lowest BCUT2D eigenvalue weighted by molar-refractivity contribution is 0.318. The van der Waals surface area contributed by atoms with Gasteiger partial charge < -0.3 is 9.88 Å². The van der Waals surface area contributed by atoms with Crippen molar-refractivity contribution in [1.82, 2.24) is 14.9 Å². The van der Waals surface area contributed by atoms with Gasteiger partial charge in [0.2, 0.25) is 0 Å². The van der Waals surface area contributed by atoms with Crippen LogP contribution in [-0.2, 0) is 18.4 Å². The minimum atomic E-state index is 0.255. The van der Waals surface area contributed by atoms with E-state index in [2.05, 4.69) is 59.2 Å². The fraction of sp³-hybridized carbons (Fsp3) is 0.500. The van der Waals surface area contributed by atoms with Gasteiger partial charge in [-0.3, -0.25) is 0 Å². The molecule has 3 rings (SSSR count). The second-order valence-corrected chi connectivity index (χ2v) is 6.39. The summed E-state index contributed by atoms with van der Waals surface area (Å²) in [7, 11) is 0. The Bertz CT molecular complexity index is 577. The summed E-state index contributed by atoms with van der Waals surface area (Å²) in [5.41, 5.74) is 4.38. The van der Waals surface area contributed by atoms with Gasteiger partial charge >= 0.3 is 0 Å². The van der Waals surface area contributed by atoms with Gasteiger partial charge in [-0.2, -0.15) is 0 Å². The van der Waals surface area contributed by atoms with E-state index in [4.69, 9.17) is 0 Å². The summed E-state index contributed by atoms with van der Waals surface area (Å²) in [6.45, 7) is 7.70. The number of nitrogens with zero attached hydrogens (tertiary/aromatic N) is 2. The van der Waals surface area contributed by atoms with Crippen molar-refractivity contribution in [3.8, 4) is 0 Å². The Morgan fingerprint density at radius 3 is 2.48 bits per heavy atom. The minimum absolute atomic E-state index is 0.255. The van der Waals surface area contributed by atoms with Crippen LogP contribution in [0.25, 0.3) is 0 Å². The first-order valence-electron chi connectivity index (χ1n) is 8.00. The fourth-order valence-electron chi connectivity index (χ4n) is 3.26. The molecule has 0 bridgehead atoms. The van der Waals surface area contributed by atoms with E-state index < -0.39 is 0 Å². The molecule has 0 radical (unpaired) electrons. The Morgan fingerprint density at radius 2 is 1.81 bits per heavy atom. The van der Waals surface area contributed by atoms with Crippen molar-refractivity contribution in [2.45, 2.75) is 45.1 Å². The van der Waals surface area contributed by atoms with Crippen molar-refractivity contribution in [3.05, 3.63) is 53.6 Å². The molecule has 21 heavy (non-hydrogen) atoms. The van der Waals surface area contributed by atoms with Gasteiger partial charge in [-0.25, -0.2) is 4.98 Å². The Labute approximate surface area is 127 Å². The molecule has 2 heterocycles. The van der Waals surface area contributed by atoms with Crippen molar-refractivity contribution >= 4 is 0 Å². The molecule has 1 aromatic heterocycles. The highest BCUT2D eigenvalue weighted by Gasteiger charge is 2.31. The predicted molar refractivity (Wildman–Crippen MR) is 86.6 cm³/mol. The average Bonchev–Trinajstić information content (AvgIpc) is 2.98. The number of benzene rings is 1. The summed E-state index contributed by atoms with van der Waals surface area (Å²) in [4.78, 5) is 4.41. The average molecular weight is 283 g/mol. The summed E-state index contributed by atoms with van der Waals surface area (Å²) < 4.78 is 2.33. The smallest absolute Gasteiger partial charge is 0.0951 e. The fourth-order valence-corrected chi connectivity index (χ4v) is 3.26. The maximum atomic E-state index is 4.41. The number of aryl methyl sites for hydroxylation is 1. The highest BCUT2D eigenvalue weighted by molar-refractivity contribution is 5.24. The van der Waals surface area contributed by atoms with E-state index in [0.717, 1.165) is 26.1 Å². The van der Waals surface area contributed by atoms with Crippen LogP contribution in [-0.4, -0.2) is 22.6 Å². The summed E-state index contributed by atoms with van der Waals surface area (Å²) in [6, 6.07) is 8.96. The van der Waals surface area contributed by atoms with Crippen LogP contribution in [0.4, 0.5) is 0 Å². The highest BCUT2D eigenvalue weighted by atomic mass is 15.1. The Morgan fingerprint density at radius 1 is 1.14 bits per heavy atom. The lowest BCUT2D eigenvalue weighted by Crippen LogP contribution is -2.39. The van der Waals surface area contributed by atoms with Crippen molar-refractivity contribution in [2.24, 2.45) is 0 Å². The second-order valence-electron chi connectivity index (χ2n) is 6.39. The van der Waals surface area contributed by atoms with Gasteiger partial charge in [-0.1, -0.05) is 38.1 Å². The molecule has 3 nitrogen and oxygen atoms in total.